The number of ether oxygens (including phenoxy) is 1. The summed E-state index contributed by atoms with van der Waals surface area (Å²) in [5, 5.41) is 2.58. The van der Waals surface area contributed by atoms with Crippen molar-refractivity contribution in [1.29, 1.82) is 0 Å². The van der Waals surface area contributed by atoms with Crippen molar-refractivity contribution in [3.63, 3.8) is 0 Å². The van der Waals surface area contributed by atoms with Gasteiger partial charge in [0.05, 0.1) is 18.2 Å². The van der Waals surface area contributed by atoms with Gasteiger partial charge in [-0.2, -0.15) is 0 Å². The summed E-state index contributed by atoms with van der Waals surface area (Å²) < 4.78 is 5.22. The number of amides is 1. The molecule has 2 fully saturated rings. The van der Waals surface area contributed by atoms with Crippen LogP contribution in [0.25, 0.3) is 0 Å². The van der Waals surface area contributed by atoms with E-state index in [2.05, 4.69) is 16.3 Å². The number of hydrogen-bond acceptors (Lipinski definition) is 4. The van der Waals surface area contributed by atoms with Crippen LogP contribution in [0, 0.1) is 0 Å². The molecule has 1 aromatic heterocycles. The molecule has 0 bridgehead atoms. The molecular formula is C17H17ClN2O2S. The first-order chi connectivity index (χ1) is 11.2. The first-order valence-electron chi connectivity index (χ1n) is 7.66. The summed E-state index contributed by atoms with van der Waals surface area (Å²) in [5.41, 5.74) is 0.827. The predicted molar refractivity (Wildman–Crippen MR) is 92.3 cm³/mol. The van der Waals surface area contributed by atoms with Crippen molar-refractivity contribution in [3.8, 4) is 5.75 Å². The van der Waals surface area contributed by atoms with Crippen molar-refractivity contribution in [3.05, 3.63) is 45.6 Å². The van der Waals surface area contributed by atoms with Gasteiger partial charge in [-0.05, 0) is 42.5 Å². The number of halogens is 1. The molecular weight excluding hydrogens is 332 g/mol. The normalized spacial score (nSPS) is 24.3. The molecule has 0 saturated carbocycles. The number of anilines is 1. The topological polar surface area (TPSA) is 32.8 Å². The molecule has 2 atom stereocenters. The summed E-state index contributed by atoms with van der Waals surface area (Å²) in [5.74, 6) is 0.789. The third-order valence-electron chi connectivity index (χ3n) is 4.59. The van der Waals surface area contributed by atoms with Crippen LogP contribution < -0.4 is 9.64 Å². The van der Waals surface area contributed by atoms with E-state index in [-0.39, 0.29) is 18.1 Å². The highest BCUT2D eigenvalue weighted by Crippen LogP contribution is 2.44. The number of hydrogen-bond donors (Lipinski definition) is 0. The number of thiophene rings is 1. The van der Waals surface area contributed by atoms with Gasteiger partial charge in [-0.25, -0.2) is 0 Å². The van der Waals surface area contributed by atoms with Crippen LogP contribution in [-0.2, 0) is 4.79 Å². The molecule has 120 valence electrons. The average molecular weight is 349 g/mol. The maximum atomic E-state index is 13.0. The zero-order valence-corrected chi connectivity index (χ0v) is 14.3. The molecule has 2 aliphatic rings. The summed E-state index contributed by atoms with van der Waals surface area (Å²) in [6, 6.07) is 9.67. The summed E-state index contributed by atoms with van der Waals surface area (Å²) in [7, 11) is 1.59. The van der Waals surface area contributed by atoms with Gasteiger partial charge < -0.3 is 4.74 Å². The van der Waals surface area contributed by atoms with Crippen molar-refractivity contribution in [2.24, 2.45) is 0 Å². The number of carbonyl (C=O) groups is 1. The molecule has 2 aromatic rings. The van der Waals surface area contributed by atoms with Gasteiger partial charge >= 0.3 is 0 Å². The van der Waals surface area contributed by atoms with E-state index in [1.54, 1.807) is 18.4 Å². The Kier molecular flexibility index (Phi) is 3.79. The number of nitrogens with zero attached hydrogens (tertiary/aromatic N) is 2. The number of benzene rings is 1. The van der Waals surface area contributed by atoms with Gasteiger partial charge in [-0.1, -0.05) is 17.7 Å². The molecule has 2 aliphatic heterocycles. The smallest absolute Gasteiger partial charge is 0.246 e. The third kappa shape index (κ3) is 2.35. The van der Waals surface area contributed by atoms with E-state index in [0.29, 0.717) is 10.8 Å². The maximum Gasteiger partial charge on any atom is 0.246 e. The third-order valence-corrected chi connectivity index (χ3v) is 5.79. The molecule has 0 unspecified atom stereocenters. The highest BCUT2D eigenvalue weighted by atomic mass is 35.5. The zero-order chi connectivity index (χ0) is 16.0. The first-order valence-corrected chi connectivity index (χ1v) is 8.92. The average Bonchev–Trinajstić information content (AvgIpc) is 3.26. The molecule has 0 aliphatic carbocycles. The summed E-state index contributed by atoms with van der Waals surface area (Å²) in [4.78, 5) is 18.4. The van der Waals surface area contributed by atoms with E-state index >= 15 is 0 Å². The maximum absolute atomic E-state index is 13.0. The van der Waals surface area contributed by atoms with Crippen LogP contribution in [0.5, 0.6) is 5.75 Å². The largest absolute Gasteiger partial charge is 0.495 e. The standard InChI is InChI=1S/C17H17ClN2O2S/c1-22-14-7-6-11(10-12(14)18)20-16(15-5-3-9-23-15)19-8-2-4-13(19)17(20)21/h3,5-7,9-10,13,16H,2,4,8H2,1H3/t13-,16+/m0/s1. The number of rotatable bonds is 3. The lowest BCUT2D eigenvalue weighted by atomic mass is 10.2. The molecule has 2 saturated heterocycles. The fourth-order valence-corrected chi connectivity index (χ4v) is 4.66. The van der Waals surface area contributed by atoms with Crippen molar-refractivity contribution >= 4 is 34.5 Å². The fraction of sp³-hybridized carbons (Fsp3) is 0.353. The summed E-state index contributed by atoms with van der Waals surface area (Å²) in [6.07, 6.45) is 1.98. The van der Waals surface area contributed by atoms with Gasteiger partial charge in [-0.15, -0.1) is 11.3 Å². The quantitative estimate of drug-likeness (QED) is 0.842. The zero-order valence-electron chi connectivity index (χ0n) is 12.7. The molecule has 4 nitrogen and oxygen atoms in total. The van der Waals surface area contributed by atoms with Crippen molar-refractivity contribution < 1.29 is 9.53 Å². The lowest BCUT2D eigenvalue weighted by molar-refractivity contribution is -0.119. The van der Waals surface area contributed by atoms with Crippen LogP contribution in [0.15, 0.2) is 35.7 Å². The molecule has 0 radical (unpaired) electrons. The van der Waals surface area contributed by atoms with Crippen LogP contribution in [0.3, 0.4) is 0 Å². The van der Waals surface area contributed by atoms with Gasteiger partial charge in [0.2, 0.25) is 5.91 Å². The molecule has 0 N–H and O–H groups in total. The van der Waals surface area contributed by atoms with E-state index in [9.17, 15) is 4.79 Å². The minimum Gasteiger partial charge on any atom is -0.495 e. The Bertz CT molecular complexity index is 734. The molecule has 3 heterocycles. The highest BCUT2D eigenvalue weighted by molar-refractivity contribution is 7.10. The lowest BCUT2D eigenvalue weighted by Gasteiger charge is -2.28. The van der Waals surface area contributed by atoms with Crippen LogP contribution in [0.4, 0.5) is 5.69 Å². The minimum absolute atomic E-state index is 0.0111. The monoisotopic (exact) mass is 348 g/mol. The fourth-order valence-electron chi connectivity index (χ4n) is 3.58. The van der Waals surface area contributed by atoms with E-state index in [4.69, 9.17) is 16.3 Å². The number of carbonyl (C=O) groups excluding carboxylic acids is 1. The van der Waals surface area contributed by atoms with Crippen LogP contribution in [0.1, 0.15) is 23.9 Å². The Morgan fingerprint density at radius 1 is 1.35 bits per heavy atom. The molecule has 1 amide bonds. The molecule has 23 heavy (non-hydrogen) atoms. The second kappa shape index (κ2) is 5.82. The Labute approximate surface area is 144 Å². The second-order valence-corrected chi connectivity index (χ2v) is 7.20. The molecule has 1 aromatic carbocycles. The Hall–Kier alpha value is -1.56. The minimum atomic E-state index is -0.0283. The van der Waals surface area contributed by atoms with Gasteiger partial charge in [0.15, 0.2) is 0 Å². The molecule has 6 heteroatoms. The van der Waals surface area contributed by atoms with Crippen molar-refractivity contribution in [1.82, 2.24) is 4.90 Å². The van der Waals surface area contributed by atoms with E-state index < -0.39 is 0 Å². The van der Waals surface area contributed by atoms with Crippen LogP contribution in [0.2, 0.25) is 5.02 Å². The van der Waals surface area contributed by atoms with E-state index in [1.807, 2.05) is 29.2 Å². The van der Waals surface area contributed by atoms with Crippen LogP contribution in [-0.4, -0.2) is 30.5 Å². The van der Waals surface area contributed by atoms with E-state index in [1.165, 1.54) is 4.88 Å². The van der Waals surface area contributed by atoms with Gasteiger partial charge in [0.1, 0.15) is 11.9 Å². The molecule has 4 rings (SSSR count). The van der Waals surface area contributed by atoms with Gasteiger partial charge in [0, 0.05) is 17.1 Å². The predicted octanol–water partition coefficient (Wildman–Crippen LogP) is 3.92. The highest BCUT2D eigenvalue weighted by Gasteiger charge is 2.49. The molecule has 0 spiro atoms. The van der Waals surface area contributed by atoms with Crippen molar-refractivity contribution in [2.45, 2.75) is 25.0 Å². The Morgan fingerprint density at radius 2 is 2.22 bits per heavy atom. The summed E-state index contributed by atoms with van der Waals surface area (Å²) in [6.45, 7) is 0.958. The summed E-state index contributed by atoms with van der Waals surface area (Å²) >= 11 is 7.96. The lowest BCUT2D eigenvalue weighted by Crippen LogP contribution is -2.31. The number of methoxy groups -OCH3 is 1. The van der Waals surface area contributed by atoms with Crippen LogP contribution >= 0.6 is 22.9 Å². The second-order valence-electron chi connectivity index (χ2n) is 5.81. The van der Waals surface area contributed by atoms with Crippen molar-refractivity contribution in [2.75, 3.05) is 18.6 Å². The SMILES string of the molecule is COc1ccc(N2C(=O)[C@@H]3CCCN3[C@H]2c2cccs2)cc1Cl. The van der Waals surface area contributed by atoms with E-state index in [0.717, 1.165) is 25.1 Å². The first kappa shape index (κ1) is 15.0. The Morgan fingerprint density at radius 3 is 2.91 bits per heavy atom. The number of fused-ring (bicyclic) bond motifs is 1. The van der Waals surface area contributed by atoms with Gasteiger partial charge in [-0.3, -0.25) is 14.6 Å². The van der Waals surface area contributed by atoms with Gasteiger partial charge in [0.25, 0.3) is 0 Å². The Balaban J connectivity index is 1.78.